The highest BCUT2D eigenvalue weighted by Crippen LogP contribution is 2.28. The Morgan fingerprint density at radius 3 is 2.53 bits per heavy atom. The van der Waals surface area contributed by atoms with Crippen LogP contribution in [0.2, 0.25) is 0 Å². The maximum Gasteiger partial charge on any atom is 0.271 e. The predicted octanol–water partition coefficient (Wildman–Crippen LogP) is 1.31. The molecule has 0 spiro atoms. The number of aliphatic hydroxyl groups is 1. The Hall–Kier alpha value is -2.08. The van der Waals surface area contributed by atoms with Gasteiger partial charge in [0.05, 0.1) is 19.1 Å². The summed E-state index contributed by atoms with van der Waals surface area (Å²) in [6, 6.07) is 4.87. The van der Waals surface area contributed by atoms with Crippen LogP contribution in [0.3, 0.4) is 0 Å². The highest BCUT2D eigenvalue weighted by molar-refractivity contribution is 5.57. The molecule has 0 atom stereocenters. The number of rotatable bonds is 5. The molecule has 0 aromatic heterocycles. The summed E-state index contributed by atoms with van der Waals surface area (Å²) in [4.78, 5) is 9.91. The molecular weight excluding hydrogens is 226 g/mol. The van der Waals surface area contributed by atoms with Gasteiger partial charge >= 0.3 is 0 Å². The third kappa shape index (κ3) is 3.18. The van der Waals surface area contributed by atoms with Crippen molar-refractivity contribution >= 4 is 6.08 Å². The fourth-order valence-electron chi connectivity index (χ4n) is 1.29. The standard InChI is InChI=1S/C11H13NO5/c1-16-10-4-3-8(6-11(10)17-2)5-9(7-13)12(14)15/h3-6,13H,7H2,1-2H3/b9-5+. The van der Waals surface area contributed by atoms with Crippen LogP contribution in [0.25, 0.3) is 6.08 Å². The molecule has 0 heterocycles. The molecule has 0 saturated carbocycles. The van der Waals surface area contributed by atoms with E-state index in [1.165, 1.54) is 20.3 Å². The van der Waals surface area contributed by atoms with E-state index in [1.807, 2.05) is 0 Å². The van der Waals surface area contributed by atoms with E-state index in [0.29, 0.717) is 17.1 Å². The van der Waals surface area contributed by atoms with Crippen LogP contribution in [0.4, 0.5) is 0 Å². The highest BCUT2D eigenvalue weighted by Gasteiger charge is 2.10. The van der Waals surface area contributed by atoms with Gasteiger partial charge in [-0.1, -0.05) is 6.07 Å². The largest absolute Gasteiger partial charge is 0.493 e. The van der Waals surface area contributed by atoms with Gasteiger partial charge in [0, 0.05) is 6.08 Å². The van der Waals surface area contributed by atoms with Crippen molar-refractivity contribution in [1.29, 1.82) is 0 Å². The molecule has 0 aliphatic rings. The van der Waals surface area contributed by atoms with Crippen LogP contribution in [-0.2, 0) is 0 Å². The second-order valence-electron chi connectivity index (χ2n) is 3.17. The van der Waals surface area contributed by atoms with Crippen molar-refractivity contribution in [2.45, 2.75) is 0 Å². The van der Waals surface area contributed by atoms with E-state index in [2.05, 4.69) is 0 Å². The number of aliphatic hydroxyl groups excluding tert-OH is 1. The summed E-state index contributed by atoms with van der Waals surface area (Å²) in [7, 11) is 2.98. The first-order valence-electron chi connectivity index (χ1n) is 4.80. The number of nitrogens with zero attached hydrogens (tertiary/aromatic N) is 1. The summed E-state index contributed by atoms with van der Waals surface area (Å²) in [5, 5.41) is 19.4. The monoisotopic (exact) mass is 239 g/mol. The number of nitro groups is 1. The van der Waals surface area contributed by atoms with Gasteiger partial charge in [-0.15, -0.1) is 0 Å². The lowest BCUT2D eigenvalue weighted by Gasteiger charge is -2.07. The summed E-state index contributed by atoms with van der Waals surface area (Å²) < 4.78 is 10.1. The topological polar surface area (TPSA) is 81.8 Å². The molecule has 6 heteroatoms. The minimum Gasteiger partial charge on any atom is -0.493 e. The molecule has 0 aliphatic heterocycles. The van der Waals surface area contributed by atoms with Crippen LogP contribution >= 0.6 is 0 Å². The lowest BCUT2D eigenvalue weighted by molar-refractivity contribution is -0.428. The van der Waals surface area contributed by atoms with E-state index in [1.54, 1.807) is 18.2 Å². The summed E-state index contributed by atoms with van der Waals surface area (Å²) in [5.41, 5.74) is 0.278. The van der Waals surface area contributed by atoms with Gasteiger partial charge < -0.3 is 14.6 Å². The highest BCUT2D eigenvalue weighted by atomic mass is 16.6. The van der Waals surface area contributed by atoms with E-state index in [0.717, 1.165) is 0 Å². The quantitative estimate of drug-likeness (QED) is 0.618. The minimum absolute atomic E-state index is 0.280. The third-order valence-electron chi connectivity index (χ3n) is 2.14. The Bertz CT molecular complexity index is 441. The van der Waals surface area contributed by atoms with Crippen LogP contribution in [0.5, 0.6) is 11.5 Å². The maximum atomic E-state index is 10.5. The van der Waals surface area contributed by atoms with Gasteiger partial charge in [0.2, 0.25) is 0 Å². The van der Waals surface area contributed by atoms with Gasteiger partial charge in [-0.05, 0) is 17.7 Å². The minimum atomic E-state index is -0.628. The molecule has 0 unspecified atom stereocenters. The van der Waals surface area contributed by atoms with E-state index in [9.17, 15) is 10.1 Å². The first kappa shape index (κ1) is 13.0. The fraction of sp³-hybridized carbons (Fsp3) is 0.273. The molecule has 0 fully saturated rings. The molecule has 1 rings (SSSR count). The average molecular weight is 239 g/mol. The molecule has 6 nitrogen and oxygen atoms in total. The van der Waals surface area contributed by atoms with Gasteiger partial charge in [-0.2, -0.15) is 0 Å². The zero-order chi connectivity index (χ0) is 12.8. The Morgan fingerprint density at radius 2 is 2.06 bits per heavy atom. The molecule has 92 valence electrons. The van der Waals surface area contributed by atoms with Crippen molar-refractivity contribution in [3.8, 4) is 11.5 Å². The zero-order valence-corrected chi connectivity index (χ0v) is 9.54. The number of methoxy groups -OCH3 is 2. The van der Waals surface area contributed by atoms with Crippen molar-refractivity contribution in [2.75, 3.05) is 20.8 Å². The van der Waals surface area contributed by atoms with E-state index >= 15 is 0 Å². The van der Waals surface area contributed by atoms with Crippen LogP contribution in [0, 0.1) is 10.1 Å². The first-order chi connectivity index (χ1) is 8.12. The van der Waals surface area contributed by atoms with Crippen LogP contribution < -0.4 is 9.47 Å². The molecule has 1 aromatic carbocycles. The Balaban J connectivity index is 3.11. The van der Waals surface area contributed by atoms with Crippen LogP contribution in [0.1, 0.15) is 5.56 Å². The predicted molar refractivity (Wildman–Crippen MR) is 61.6 cm³/mol. The van der Waals surface area contributed by atoms with Gasteiger partial charge in [0.25, 0.3) is 5.70 Å². The Morgan fingerprint density at radius 1 is 1.41 bits per heavy atom. The van der Waals surface area contributed by atoms with Crippen molar-refractivity contribution < 1.29 is 19.5 Å². The maximum absolute atomic E-state index is 10.5. The molecule has 0 aliphatic carbocycles. The number of hydrogen-bond acceptors (Lipinski definition) is 5. The fourth-order valence-corrected chi connectivity index (χ4v) is 1.29. The molecule has 0 saturated heterocycles. The van der Waals surface area contributed by atoms with Gasteiger partial charge in [-0.3, -0.25) is 10.1 Å². The van der Waals surface area contributed by atoms with Gasteiger partial charge in [0.15, 0.2) is 11.5 Å². The van der Waals surface area contributed by atoms with Crippen LogP contribution in [0.15, 0.2) is 23.9 Å². The summed E-state index contributed by atoms with van der Waals surface area (Å²) in [6.07, 6.45) is 1.28. The van der Waals surface area contributed by atoms with E-state index in [-0.39, 0.29) is 5.70 Å². The molecule has 0 radical (unpaired) electrons. The first-order valence-corrected chi connectivity index (χ1v) is 4.80. The Kier molecular flexibility index (Phi) is 4.47. The summed E-state index contributed by atoms with van der Waals surface area (Å²) in [5.74, 6) is 1.01. The van der Waals surface area contributed by atoms with Crippen molar-refractivity contribution in [3.05, 3.63) is 39.6 Å². The molecule has 1 N–H and O–H groups in total. The summed E-state index contributed by atoms with van der Waals surface area (Å²) in [6.45, 7) is -0.624. The summed E-state index contributed by atoms with van der Waals surface area (Å²) >= 11 is 0. The van der Waals surface area contributed by atoms with Crippen LogP contribution in [-0.4, -0.2) is 30.9 Å². The smallest absolute Gasteiger partial charge is 0.271 e. The normalized spacial score (nSPS) is 11.1. The molecule has 17 heavy (non-hydrogen) atoms. The van der Waals surface area contributed by atoms with Gasteiger partial charge in [-0.25, -0.2) is 0 Å². The van der Waals surface area contributed by atoms with Crippen molar-refractivity contribution in [3.63, 3.8) is 0 Å². The van der Waals surface area contributed by atoms with E-state index in [4.69, 9.17) is 14.6 Å². The van der Waals surface area contributed by atoms with Gasteiger partial charge in [0.1, 0.15) is 6.61 Å². The Labute approximate surface area is 98.2 Å². The van der Waals surface area contributed by atoms with E-state index < -0.39 is 11.5 Å². The second kappa shape index (κ2) is 5.86. The number of ether oxygens (including phenoxy) is 2. The third-order valence-corrected chi connectivity index (χ3v) is 2.14. The number of benzene rings is 1. The number of hydrogen-bond donors (Lipinski definition) is 1. The lowest BCUT2D eigenvalue weighted by atomic mass is 10.1. The molecule has 0 bridgehead atoms. The molecule has 1 aromatic rings. The second-order valence-corrected chi connectivity index (χ2v) is 3.17. The molecule has 0 amide bonds. The average Bonchev–Trinajstić information content (AvgIpc) is 2.35. The van der Waals surface area contributed by atoms with Crippen molar-refractivity contribution in [1.82, 2.24) is 0 Å². The molecular formula is C11H13NO5. The van der Waals surface area contributed by atoms with Crippen molar-refractivity contribution in [2.24, 2.45) is 0 Å². The zero-order valence-electron chi connectivity index (χ0n) is 9.54. The lowest BCUT2D eigenvalue weighted by Crippen LogP contribution is -2.02. The SMILES string of the molecule is COc1ccc(/C=C(\CO)[N+](=O)[O-])cc1OC.